The molecule has 0 aliphatic heterocycles. The fourth-order valence-corrected chi connectivity index (χ4v) is 4.40. The molecule has 2 aromatic carbocycles. The molecule has 0 saturated carbocycles. The lowest BCUT2D eigenvalue weighted by atomic mass is 9.89. The van der Waals surface area contributed by atoms with E-state index in [-0.39, 0.29) is 11.6 Å². The first-order valence-corrected chi connectivity index (χ1v) is 11.4. The molecule has 6 aromatic rings. The van der Waals surface area contributed by atoms with Gasteiger partial charge in [0.05, 0.1) is 18.4 Å². The minimum Gasteiger partial charge on any atom is -0.265 e. The molecule has 0 radical (unpaired) electrons. The predicted octanol–water partition coefficient (Wildman–Crippen LogP) is 6.55. The molecule has 0 spiro atoms. The van der Waals surface area contributed by atoms with Gasteiger partial charge in [-0.3, -0.25) is 9.97 Å². The molecule has 0 unspecified atom stereocenters. The minimum atomic E-state index is -0.328. The molecule has 7 heteroatoms. The van der Waals surface area contributed by atoms with Gasteiger partial charge in [0.1, 0.15) is 11.6 Å². The van der Waals surface area contributed by atoms with Crippen LogP contribution in [0.1, 0.15) is 5.56 Å². The van der Waals surface area contributed by atoms with Gasteiger partial charge >= 0.3 is 0 Å². The third-order valence-corrected chi connectivity index (χ3v) is 6.06. The van der Waals surface area contributed by atoms with Crippen molar-refractivity contribution in [2.75, 3.05) is 0 Å². The Bertz CT molecular complexity index is 1650. The summed E-state index contributed by atoms with van der Waals surface area (Å²) in [6.07, 6.45) is 8.74. The second-order valence-electron chi connectivity index (χ2n) is 8.36. The average molecular weight is 476 g/mol. The van der Waals surface area contributed by atoms with Gasteiger partial charge in [-0.05, 0) is 71.3 Å². The lowest BCUT2D eigenvalue weighted by Gasteiger charge is -2.17. The molecule has 4 heterocycles. The maximum Gasteiger partial charge on any atom is 0.159 e. The van der Waals surface area contributed by atoms with E-state index in [1.807, 2.05) is 28.9 Å². The van der Waals surface area contributed by atoms with Crippen molar-refractivity contribution in [1.82, 2.24) is 24.7 Å². The van der Waals surface area contributed by atoms with Gasteiger partial charge in [-0.15, -0.1) is 0 Å². The van der Waals surface area contributed by atoms with Gasteiger partial charge < -0.3 is 0 Å². The summed E-state index contributed by atoms with van der Waals surface area (Å²) in [6.45, 7) is 0.477. The Kier molecular flexibility index (Phi) is 5.50. The van der Waals surface area contributed by atoms with Crippen LogP contribution in [0.4, 0.5) is 8.78 Å². The van der Waals surface area contributed by atoms with Crippen molar-refractivity contribution in [2.24, 2.45) is 0 Å². The van der Waals surface area contributed by atoms with Gasteiger partial charge in [0.25, 0.3) is 0 Å². The smallest absolute Gasteiger partial charge is 0.159 e. The molecule has 174 valence electrons. The van der Waals surface area contributed by atoms with E-state index in [9.17, 15) is 8.78 Å². The van der Waals surface area contributed by atoms with Gasteiger partial charge in [-0.25, -0.2) is 18.4 Å². The number of hydrogen-bond acceptors (Lipinski definition) is 4. The molecule has 36 heavy (non-hydrogen) atoms. The predicted molar refractivity (Wildman–Crippen MR) is 135 cm³/mol. The number of aromatic nitrogens is 5. The summed E-state index contributed by atoms with van der Waals surface area (Å²) in [4.78, 5) is 13.5. The molecule has 4 aromatic heterocycles. The summed E-state index contributed by atoms with van der Waals surface area (Å²) in [7, 11) is 0. The largest absolute Gasteiger partial charge is 0.265 e. The number of benzene rings is 2. The monoisotopic (exact) mass is 475 g/mol. The number of fused-ring (bicyclic) bond motifs is 1. The summed E-state index contributed by atoms with van der Waals surface area (Å²) in [5, 5.41) is 5.48. The molecule has 0 aliphatic carbocycles. The summed E-state index contributed by atoms with van der Waals surface area (Å²) in [5.74, 6) is -0.647. The minimum absolute atomic E-state index is 0.319. The number of hydrogen-bond donors (Lipinski definition) is 0. The summed E-state index contributed by atoms with van der Waals surface area (Å²) < 4.78 is 29.5. The Balaban J connectivity index is 1.70. The first kappa shape index (κ1) is 21.7. The Morgan fingerprint density at radius 1 is 0.639 bits per heavy atom. The first-order chi connectivity index (χ1) is 17.7. The van der Waals surface area contributed by atoms with Crippen LogP contribution >= 0.6 is 0 Å². The van der Waals surface area contributed by atoms with Crippen molar-refractivity contribution < 1.29 is 8.78 Å². The van der Waals surface area contributed by atoms with Gasteiger partial charge in [-0.1, -0.05) is 18.2 Å². The molecule has 0 atom stereocenters. The quantitative estimate of drug-likeness (QED) is 0.284. The van der Waals surface area contributed by atoms with E-state index in [1.54, 1.807) is 55.2 Å². The van der Waals surface area contributed by atoms with Gasteiger partial charge in [0.2, 0.25) is 0 Å². The molecule has 0 saturated heterocycles. The number of pyridine rings is 3. The van der Waals surface area contributed by atoms with Crippen LogP contribution in [-0.2, 0) is 6.54 Å². The van der Waals surface area contributed by atoms with Crippen LogP contribution in [-0.4, -0.2) is 24.7 Å². The highest BCUT2D eigenvalue weighted by Gasteiger charge is 2.22. The number of nitrogens with zero attached hydrogens (tertiary/aromatic N) is 5. The topological polar surface area (TPSA) is 56.5 Å². The molecule has 0 bridgehead atoms. The van der Waals surface area contributed by atoms with Crippen LogP contribution in [0.3, 0.4) is 0 Å². The third-order valence-electron chi connectivity index (χ3n) is 6.06. The van der Waals surface area contributed by atoms with Crippen LogP contribution in [0, 0.1) is 11.6 Å². The van der Waals surface area contributed by atoms with E-state index in [2.05, 4.69) is 15.1 Å². The normalized spacial score (nSPS) is 11.2. The summed E-state index contributed by atoms with van der Waals surface area (Å²) >= 11 is 0. The maximum absolute atomic E-state index is 13.9. The van der Waals surface area contributed by atoms with Crippen molar-refractivity contribution in [3.05, 3.63) is 121 Å². The lowest BCUT2D eigenvalue weighted by Crippen LogP contribution is -2.04. The molecule has 0 amide bonds. The molecule has 5 nitrogen and oxygen atoms in total. The van der Waals surface area contributed by atoms with Crippen molar-refractivity contribution in [2.45, 2.75) is 6.54 Å². The van der Waals surface area contributed by atoms with Crippen molar-refractivity contribution in [3.63, 3.8) is 0 Å². The van der Waals surface area contributed by atoms with Crippen molar-refractivity contribution >= 4 is 11.0 Å². The Hall–Kier alpha value is -4.78. The van der Waals surface area contributed by atoms with Gasteiger partial charge in [-0.2, -0.15) is 5.10 Å². The highest BCUT2D eigenvalue weighted by molar-refractivity contribution is 6.06. The lowest BCUT2D eigenvalue weighted by molar-refractivity contribution is 0.627. The third kappa shape index (κ3) is 4.01. The molecular formula is C29H19F2N5. The molecular weight excluding hydrogens is 456 g/mol. The summed E-state index contributed by atoms with van der Waals surface area (Å²) in [6, 6.07) is 20.3. The van der Waals surface area contributed by atoms with Gasteiger partial charge in [0, 0.05) is 46.9 Å². The van der Waals surface area contributed by atoms with E-state index in [1.165, 1.54) is 24.3 Å². The zero-order valence-corrected chi connectivity index (χ0v) is 19.0. The second-order valence-corrected chi connectivity index (χ2v) is 8.36. The highest BCUT2D eigenvalue weighted by atomic mass is 19.1. The van der Waals surface area contributed by atoms with Crippen LogP contribution < -0.4 is 0 Å². The standard InChI is InChI=1S/C29H19F2N5/c30-23-7-3-20(4-8-23)26-25-17-34-36(18-19-2-1-13-33-16-19)29(25)35-28(22-5-9-24(31)10-6-22)27(26)21-11-14-32-15-12-21/h1-17H,18H2. The van der Waals surface area contributed by atoms with Crippen LogP contribution in [0.25, 0.3) is 44.5 Å². The maximum atomic E-state index is 13.9. The SMILES string of the molecule is Fc1ccc(-c2nc3c(cnn3Cc3cccnc3)c(-c3ccc(F)cc3)c2-c2ccncc2)cc1. The fourth-order valence-electron chi connectivity index (χ4n) is 4.40. The Morgan fingerprint density at radius 3 is 1.97 bits per heavy atom. The second kappa shape index (κ2) is 9.11. The highest BCUT2D eigenvalue weighted by Crippen LogP contribution is 2.43. The fraction of sp³-hybridized carbons (Fsp3) is 0.0345. The number of rotatable bonds is 5. The van der Waals surface area contributed by atoms with E-state index in [0.29, 0.717) is 17.9 Å². The zero-order valence-electron chi connectivity index (χ0n) is 19.0. The van der Waals surface area contributed by atoms with E-state index in [0.717, 1.165) is 38.8 Å². The Morgan fingerprint density at radius 2 is 1.31 bits per heavy atom. The molecule has 0 N–H and O–H groups in total. The van der Waals surface area contributed by atoms with Crippen molar-refractivity contribution in [1.29, 1.82) is 0 Å². The molecule has 6 rings (SSSR count). The Labute approximate surface area is 205 Å². The van der Waals surface area contributed by atoms with Gasteiger partial charge in [0.15, 0.2) is 5.65 Å². The van der Waals surface area contributed by atoms with Crippen LogP contribution in [0.2, 0.25) is 0 Å². The average Bonchev–Trinajstić information content (AvgIpc) is 3.32. The van der Waals surface area contributed by atoms with E-state index >= 15 is 0 Å². The first-order valence-electron chi connectivity index (χ1n) is 11.4. The molecule has 0 fully saturated rings. The number of halogens is 2. The zero-order chi connectivity index (χ0) is 24.5. The van der Waals surface area contributed by atoms with E-state index < -0.39 is 0 Å². The van der Waals surface area contributed by atoms with Crippen molar-refractivity contribution in [3.8, 4) is 33.5 Å². The van der Waals surface area contributed by atoms with E-state index in [4.69, 9.17) is 4.98 Å². The van der Waals surface area contributed by atoms with Crippen LogP contribution in [0.15, 0.2) is 104 Å². The van der Waals surface area contributed by atoms with Crippen LogP contribution in [0.5, 0.6) is 0 Å². The molecule has 0 aliphatic rings. The summed E-state index contributed by atoms with van der Waals surface area (Å²) in [5.41, 5.74) is 6.47.